The highest BCUT2D eigenvalue weighted by atomic mass is 16.5. The van der Waals surface area contributed by atoms with Crippen molar-refractivity contribution < 1.29 is 14.6 Å². The first-order chi connectivity index (χ1) is 9.00. The van der Waals surface area contributed by atoms with Gasteiger partial charge in [0, 0.05) is 18.8 Å². The van der Waals surface area contributed by atoms with Gasteiger partial charge in [0.05, 0.1) is 13.7 Å². The topological polar surface area (TPSA) is 38.7 Å². The first-order valence-electron chi connectivity index (χ1n) is 6.85. The maximum absolute atomic E-state index is 8.72. The van der Waals surface area contributed by atoms with Gasteiger partial charge in [-0.1, -0.05) is 39.0 Å². The zero-order valence-corrected chi connectivity index (χ0v) is 12.5. The average Bonchev–Trinajstić information content (AvgIpc) is 2.37. The summed E-state index contributed by atoms with van der Waals surface area (Å²) in [4.78, 5) is 0. The van der Waals surface area contributed by atoms with E-state index in [1.165, 1.54) is 5.56 Å². The molecule has 0 amide bonds. The summed E-state index contributed by atoms with van der Waals surface area (Å²) < 4.78 is 11.2. The minimum atomic E-state index is 0.0538. The van der Waals surface area contributed by atoms with E-state index < -0.39 is 0 Å². The predicted octanol–water partition coefficient (Wildman–Crippen LogP) is 3.28. The Morgan fingerprint density at radius 1 is 1.16 bits per heavy atom. The van der Waals surface area contributed by atoms with Crippen LogP contribution in [0.15, 0.2) is 18.2 Å². The van der Waals surface area contributed by atoms with Gasteiger partial charge < -0.3 is 14.6 Å². The maximum atomic E-state index is 8.72. The Labute approximate surface area is 116 Å². The number of methoxy groups -OCH3 is 1. The van der Waals surface area contributed by atoms with Crippen molar-refractivity contribution in [3.63, 3.8) is 0 Å². The SMILES string of the molecule is COc1c(COCCCCO)cccc1C(C)(C)C. The monoisotopic (exact) mass is 266 g/mol. The largest absolute Gasteiger partial charge is 0.496 e. The Hall–Kier alpha value is -1.06. The van der Waals surface area contributed by atoms with Crippen LogP contribution in [-0.2, 0) is 16.8 Å². The van der Waals surface area contributed by atoms with Crippen LogP contribution in [0, 0.1) is 0 Å². The molecule has 0 heterocycles. The molecule has 1 aromatic rings. The predicted molar refractivity (Wildman–Crippen MR) is 77.7 cm³/mol. The van der Waals surface area contributed by atoms with E-state index >= 15 is 0 Å². The van der Waals surface area contributed by atoms with Gasteiger partial charge in [0.2, 0.25) is 0 Å². The van der Waals surface area contributed by atoms with Crippen LogP contribution in [0.2, 0.25) is 0 Å². The fourth-order valence-corrected chi connectivity index (χ4v) is 2.03. The van der Waals surface area contributed by atoms with Gasteiger partial charge in [-0.15, -0.1) is 0 Å². The highest BCUT2D eigenvalue weighted by Crippen LogP contribution is 2.34. The number of ether oxygens (including phenoxy) is 2. The molecule has 0 aliphatic heterocycles. The molecule has 1 aromatic carbocycles. The lowest BCUT2D eigenvalue weighted by Gasteiger charge is -2.23. The molecule has 1 N–H and O–H groups in total. The van der Waals surface area contributed by atoms with E-state index in [0.717, 1.165) is 24.2 Å². The zero-order chi connectivity index (χ0) is 14.3. The number of aliphatic hydroxyl groups excluding tert-OH is 1. The van der Waals surface area contributed by atoms with E-state index in [4.69, 9.17) is 14.6 Å². The second kappa shape index (κ2) is 7.51. The molecule has 0 spiro atoms. The van der Waals surface area contributed by atoms with Gasteiger partial charge in [0.25, 0.3) is 0 Å². The summed E-state index contributed by atoms with van der Waals surface area (Å²) in [5.41, 5.74) is 2.34. The minimum Gasteiger partial charge on any atom is -0.496 e. The van der Waals surface area contributed by atoms with Crippen molar-refractivity contribution in [3.8, 4) is 5.75 Å². The van der Waals surface area contributed by atoms with E-state index in [2.05, 4.69) is 32.9 Å². The Balaban J connectivity index is 2.73. The molecule has 0 saturated carbocycles. The van der Waals surface area contributed by atoms with Crippen molar-refractivity contribution >= 4 is 0 Å². The van der Waals surface area contributed by atoms with Crippen molar-refractivity contribution in [2.75, 3.05) is 20.3 Å². The molecule has 0 aliphatic carbocycles. The van der Waals surface area contributed by atoms with E-state index in [1.54, 1.807) is 7.11 Å². The molecule has 0 saturated heterocycles. The Kier molecular flexibility index (Phi) is 6.32. The van der Waals surface area contributed by atoms with Crippen LogP contribution in [-0.4, -0.2) is 25.4 Å². The van der Waals surface area contributed by atoms with Crippen molar-refractivity contribution in [2.45, 2.75) is 45.6 Å². The summed E-state index contributed by atoms with van der Waals surface area (Å²) in [5, 5.41) is 8.72. The summed E-state index contributed by atoms with van der Waals surface area (Å²) in [6.45, 7) is 7.98. The Morgan fingerprint density at radius 3 is 2.47 bits per heavy atom. The second-order valence-corrected chi connectivity index (χ2v) is 5.73. The standard InChI is InChI=1S/C16H26O3/c1-16(2,3)14-9-7-8-13(15(14)18-4)12-19-11-6-5-10-17/h7-9,17H,5-6,10-12H2,1-4H3. The Bertz CT molecular complexity index is 380. The van der Waals surface area contributed by atoms with Gasteiger partial charge in [-0.2, -0.15) is 0 Å². The number of rotatable bonds is 7. The lowest BCUT2D eigenvalue weighted by atomic mass is 9.85. The van der Waals surface area contributed by atoms with Crippen LogP contribution in [0.3, 0.4) is 0 Å². The molecular weight excluding hydrogens is 240 g/mol. The van der Waals surface area contributed by atoms with Crippen molar-refractivity contribution in [3.05, 3.63) is 29.3 Å². The summed E-state index contributed by atoms with van der Waals surface area (Å²) >= 11 is 0. The molecule has 0 unspecified atom stereocenters. The average molecular weight is 266 g/mol. The minimum absolute atomic E-state index is 0.0538. The van der Waals surface area contributed by atoms with Crippen molar-refractivity contribution in [2.24, 2.45) is 0 Å². The van der Waals surface area contributed by atoms with Gasteiger partial charge in [-0.3, -0.25) is 0 Å². The molecule has 19 heavy (non-hydrogen) atoms. The molecule has 0 aromatic heterocycles. The first kappa shape index (κ1) is 16.0. The van der Waals surface area contributed by atoms with Crippen molar-refractivity contribution in [1.29, 1.82) is 0 Å². The molecule has 0 fully saturated rings. The summed E-state index contributed by atoms with van der Waals surface area (Å²) in [5.74, 6) is 0.928. The second-order valence-electron chi connectivity index (χ2n) is 5.73. The fourth-order valence-electron chi connectivity index (χ4n) is 2.03. The van der Waals surface area contributed by atoms with E-state index in [9.17, 15) is 0 Å². The third-order valence-electron chi connectivity index (χ3n) is 3.06. The molecule has 0 bridgehead atoms. The lowest BCUT2D eigenvalue weighted by molar-refractivity contribution is 0.110. The highest BCUT2D eigenvalue weighted by molar-refractivity contribution is 5.44. The maximum Gasteiger partial charge on any atom is 0.128 e. The van der Waals surface area contributed by atoms with Gasteiger partial charge in [-0.05, 0) is 23.8 Å². The molecule has 1 rings (SSSR count). The normalized spacial score (nSPS) is 11.6. The van der Waals surface area contributed by atoms with Gasteiger partial charge in [0.1, 0.15) is 5.75 Å². The molecule has 3 heteroatoms. The number of benzene rings is 1. The highest BCUT2D eigenvalue weighted by Gasteiger charge is 2.20. The molecular formula is C16H26O3. The summed E-state index contributed by atoms with van der Waals surface area (Å²) in [7, 11) is 1.71. The number of para-hydroxylation sites is 1. The van der Waals surface area contributed by atoms with Crippen LogP contribution in [0.4, 0.5) is 0 Å². The van der Waals surface area contributed by atoms with Crippen LogP contribution in [0.25, 0.3) is 0 Å². The molecule has 3 nitrogen and oxygen atoms in total. The fraction of sp³-hybridized carbons (Fsp3) is 0.625. The smallest absolute Gasteiger partial charge is 0.128 e. The van der Waals surface area contributed by atoms with Crippen LogP contribution in [0.5, 0.6) is 5.75 Å². The molecule has 0 aliphatic rings. The number of aliphatic hydroxyl groups is 1. The van der Waals surface area contributed by atoms with Gasteiger partial charge >= 0.3 is 0 Å². The van der Waals surface area contributed by atoms with E-state index in [0.29, 0.717) is 13.2 Å². The Morgan fingerprint density at radius 2 is 1.89 bits per heavy atom. The van der Waals surface area contributed by atoms with Crippen LogP contribution >= 0.6 is 0 Å². The number of hydrogen-bond donors (Lipinski definition) is 1. The van der Waals surface area contributed by atoms with Gasteiger partial charge in [0.15, 0.2) is 0 Å². The molecule has 108 valence electrons. The molecule has 0 atom stereocenters. The third kappa shape index (κ3) is 4.84. The summed E-state index contributed by atoms with van der Waals surface area (Å²) in [6, 6.07) is 6.20. The van der Waals surface area contributed by atoms with Gasteiger partial charge in [-0.25, -0.2) is 0 Å². The lowest BCUT2D eigenvalue weighted by Crippen LogP contribution is -2.14. The molecule has 0 radical (unpaired) electrons. The zero-order valence-electron chi connectivity index (χ0n) is 12.5. The number of hydrogen-bond acceptors (Lipinski definition) is 3. The van der Waals surface area contributed by atoms with Crippen molar-refractivity contribution in [1.82, 2.24) is 0 Å². The quantitative estimate of drug-likeness (QED) is 0.770. The van der Waals surface area contributed by atoms with E-state index in [-0.39, 0.29) is 12.0 Å². The first-order valence-corrected chi connectivity index (χ1v) is 6.85. The number of unbranched alkanes of at least 4 members (excludes halogenated alkanes) is 1. The van der Waals surface area contributed by atoms with Crippen LogP contribution < -0.4 is 4.74 Å². The van der Waals surface area contributed by atoms with Crippen LogP contribution in [0.1, 0.15) is 44.7 Å². The van der Waals surface area contributed by atoms with E-state index in [1.807, 2.05) is 6.07 Å². The summed E-state index contributed by atoms with van der Waals surface area (Å²) in [6.07, 6.45) is 1.68. The third-order valence-corrected chi connectivity index (χ3v) is 3.06.